The molecule has 0 bridgehead atoms. The Morgan fingerprint density at radius 3 is 2.64 bits per heavy atom. The van der Waals surface area contributed by atoms with Crippen LogP contribution >= 0.6 is 0 Å². The van der Waals surface area contributed by atoms with Crippen LogP contribution in [0, 0.1) is 0 Å². The van der Waals surface area contributed by atoms with Crippen molar-refractivity contribution >= 4 is 0 Å². The first kappa shape index (κ1) is 8.54. The van der Waals surface area contributed by atoms with Gasteiger partial charge in [-0.2, -0.15) is 0 Å². The molecule has 0 heterocycles. The van der Waals surface area contributed by atoms with Gasteiger partial charge in [0.25, 0.3) is 0 Å². The molecule has 0 aliphatic rings. The number of hydrogen-bond acceptors (Lipinski definition) is 1. The average Bonchev–Trinajstić information content (AvgIpc) is 2.00. The summed E-state index contributed by atoms with van der Waals surface area (Å²) < 4.78 is 6.48. The highest BCUT2D eigenvalue weighted by molar-refractivity contribution is 5.01. The third kappa shape index (κ3) is 7.34. The standard InChI is InChI=1S/C10H18O/c1-9(2)5-4-6-10(3)7-8-11/h5,7,11H,4,6,8H2,1-3H3/b10-7+/i11D. The summed E-state index contributed by atoms with van der Waals surface area (Å²) in [6.45, 7) is 6.68. The molecule has 0 aromatic carbocycles. The van der Waals surface area contributed by atoms with Gasteiger partial charge in [-0.15, -0.1) is 0 Å². The molecule has 1 heteroatoms. The van der Waals surface area contributed by atoms with Gasteiger partial charge in [0.2, 0.25) is 1.43 Å². The normalized spacial score (nSPS) is 12.6. The molecule has 0 aliphatic carbocycles. The molecule has 0 rings (SSSR count). The molecule has 0 saturated carbocycles. The van der Waals surface area contributed by atoms with Gasteiger partial charge in [-0.05, 0) is 33.6 Å². The summed E-state index contributed by atoms with van der Waals surface area (Å²) in [6, 6.07) is 0. The molecule has 0 saturated heterocycles. The summed E-state index contributed by atoms with van der Waals surface area (Å²) in [4.78, 5) is 0. The zero-order chi connectivity index (χ0) is 9.40. The minimum Gasteiger partial charge on any atom is -0.392 e. The van der Waals surface area contributed by atoms with Crippen LogP contribution < -0.4 is 0 Å². The highest BCUT2D eigenvalue weighted by Gasteiger charge is 1.86. The summed E-state index contributed by atoms with van der Waals surface area (Å²) >= 11 is 0. The fraction of sp³-hybridized carbons (Fsp3) is 0.600. The molecule has 0 radical (unpaired) electrons. The van der Waals surface area contributed by atoms with Gasteiger partial charge in [0.1, 0.15) is 0 Å². The van der Waals surface area contributed by atoms with E-state index in [0.717, 1.165) is 12.8 Å². The Balaban J connectivity index is 3.56. The highest BCUT2D eigenvalue weighted by Crippen LogP contribution is 2.05. The summed E-state index contributed by atoms with van der Waals surface area (Å²) in [5.41, 5.74) is 2.65. The van der Waals surface area contributed by atoms with Crippen molar-refractivity contribution in [3.05, 3.63) is 23.3 Å². The first-order valence-corrected chi connectivity index (χ1v) is 4.04. The number of allylic oxidation sites excluding steroid dienone is 3. The quantitative estimate of drug-likeness (QED) is 0.605. The van der Waals surface area contributed by atoms with E-state index in [9.17, 15) is 0 Å². The molecule has 64 valence electrons. The van der Waals surface area contributed by atoms with Crippen molar-refractivity contribution in [2.75, 3.05) is 6.61 Å². The molecular weight excluding hydrogens is 136 g/mol. The van der Waals surface area contributed by atoms with Crippen LogP contribution in [0.15, 0.2) is 23.3 Å². The van der Waals surface area contributed by atoms with Gasteiger partial charge < -0.3 is 5.11 Å². The number of aliphatic hydroxyl groups excluding tert-OH is 1. The predicted octanol–water partition coefficient (Wildman–Crippen LogP) is 2.67. The summed E-state index contributed by atoms with van der Waals surface area (Å²) in [7, 11) is 0. The maximum atomic E-state index is 6.48. The maximum Gasteiger partial charge on any atom is 0.210 e. The van der Waals surface area contributed by atoms with E-state index in [4.69, 9.17) is 1.43 Å². The Morgan fingerprint density at radius 1 is 1.36 bits per heavy atom. The molecule has 0 amide bonds. The fourth-order valence-electron chi connectivity index (χ4n) is 0.833. The van der Waals surface area contributed by atoms with Gasteiger partial charge in [0.15, 0.2) is 0 Å². The predicted molar refractivity (Wildman–Crippen MR) is 49.5 cm³/mol. The number of rotatable bonds is 5. The van der Waals surface area contributed by atoms with E-state index < -0.39 is 0 Å². The van der Waals surface area contributed by atoms with E-state index in [1.807, 2.05) is 6.08 Å². The summed E-state index contributed by atoms with van der Waals surface area (Å²) in [5.74, 6) is 0. The lowest BCUT2D eigenvalue weighted by Gasteiger charge is -1.96. The topological polar surface area (TPSA) is 20.2 Å². The molecule has 1 nitrogen and oxygen atoms in total. The molecule has 0 fully saturated rings. The number of aliphatic hydroxyl groups is 1. The third-order valence-corrected chi connectivity index (χ3v) is 1.52. The minimum absolute atomic E-state index is 0.403. The van der Waals surface area contributed by atoms with Crippen molar-refractivity contribution in [3.8, 4) is 0 Å². The van der Waals surface area contributed by atoms with Crippen LogP contribution in [-0.4, -0.2) is 13.1 Å². The van der Waals surface area contributed by atoms with Crippen molar-refractivity contribution in [1.29, 1.82) is 1.43 Å². The summed E-state index contributed by atoms with van der Waals surface area (Å²) in [6.07, 6.45) is 6.32. The van der Waals surface area contributed by atoms with Crippen LogP contribution in [0.1, 0.15) is 33.6 Å². The lowest BCUT2D eigenvalue weighted by molar-refractivity contribution is 0.341. The zero-order valence-corrected chi connectivity index (χ0v) is 7.68. The third-order valence-electron chi connectivity index (χ3n) is 1.52. The van der Waals surface area contributed by atoms with Gasteiger partial charge in [0.05, 0.1) is 6.61 Å². The number of hydrogen-bond donors (Lipinski definition) is 1. The maximum absolute atomic E-state index is 6.48. The second-order valence-electron chi connectivity index (χ2n) is 3.04. The van der Waals surface area contributed by atoms with Crippen LogP contribution in [-0.2, 0) is 0 Å². The van der Waals surface area contributed by atoms with Gasteiger partial charge >= 0.3 is 0 Å². The van der Waals surface area contributed by atoms with E-state index in [1.165, 1.54) is 11.1 Å². The average molecular weight is 155 g/mol. The minimum atomic E-state index is 0.403. The van der Waals surface area contributed by atoms with E-state index in [0.29, 0.717) is 6.61 Å². The SMILES string of the molecule is [2H]OC/C=C(\C)CCC=C(C)C. The molecule has 0 aliphatic heterocycles. The Kier molecular flexibility index (Phi) is 4.79. The second-order valence-corrected chi connectivity index (χ2v) is 3.04. The largest absolute Gasteiger partial charge is 0.392 e. The zero-order valence-electron chi connectivity index (χ0n) is 8.68. The van der Waals surface area contributed by atoms with Crippen LogP contribution in [0.3, 0.4) is 0 Å². The molecule has 0 spiro atoms. The van der Waals surface area contributed by atoms with Crippen molar-refractivity contribution < 1.29 is 5.11 Å². The fourth-order valence-corrected chi connectivity index (χ4v) is 0.833. The Labute approximate surface area is 70.9 Å². The van der Waals surface area contributed by atoms with E-state index in [-0.39, 0.29) is 0 Å². The molecule has 0 aromatic heterocycles. The molecule has 0 unspecified atom stereocenters. The monoisotopic (exact) mass is 155 g/mol. The van der Waals surface area contributed by atoms with Gasteiger partial charge in [-0.25, -0.2) is 0 Å². The highest BCUT2D eigenvalue weighted by atomic mass is 16.2. The van der Waals surface area contributed by atoms with Crippen LogP contribution in [0.25, 0.3) is 0 Å². The van der Waals surface area contributed by atoms with Crippen molar-refractivity contribution in [2.24, 2.45) is 0 Å². The Bertz CT molecular complexity index is 167. The molecule has 1 N–H and O–H groups in total. The first-order valence-electron chi connectivity index (χ1n) is 4.44. The lowest BCUT2D eigenvalue weighted by atomic mass is 10.1. The molecule has 0 aromatic rings. The van der Waals surface area contributed by atoms with Gasteiger partial charge in [0, 0.05) is 0 Å². The van der Waals surface area contributed by atoms with Gasteiger partial charge in [-0.1, -0.05) is 23.3 Å². The summed E-state index contributed by atoms with van der Waals surface area (Å²) in [5, 5.41) is 4.20. The van der Waals surface area contributed by atoms with Gasteiger partial charge in [-0.3, -0.25) is 0 Å². The van der Waals surface area contributed by atoms with E-state index in [2.05, 4.69) is 32.0 Å². The van der Waals surface area contributed by atoms with Crippen LogP contribution in [0.5, 0.6) is 0 Å². The van der Waals surface area contributed by atoms with Crippen molar-refractivity contribution in [3.63, 3.8) is 0 Å². The molecule has 0 atom stereocenters. The van der Waals surface area contributed by atoms with E-state index in [1.54, 1.807) is 0 Å². The van der Waals surface area contributed by atoms with Crippen molar-refractivity contribution in [1.82, 2.24) is 0 Å². The molecular formula is C10H18O. The Morgan fingerprint density at radius 2 is 2.09 bits per heavy atom. The Hall–Kier alpha value is -0.560. The smallest absolute Gasteiger partial charge is 0.210 e. The van der Waals surface area contributed by atoms with Crippen LogP contribution in [0.4, 0.5) is 0 Å². The first-order chi connectivity index (χ1) is 5.66. The van der Waals surface area contributed by atoms with Crippen molar-refractivity contribution in [2.45, 2.75) is 33.6 Å². The lowest BCUT2D eigenvalue weighted by Crippen LogP contribution is -1.80. The second kappa shape index (κ2) is 6.17. The van der Waals surface area contributed by atoms with E-state index >= 15 is 0 Å². The van der Waals surface area contributed by atoms with Crippen LogP contribution in [0.2, 0.25) is 0 Å². The molecule has 11 heavy (non-hydrogen) atoms.